The second-order valence-electron chi connectivity index (χ2n) is 8.09. The molecule has 1 N–H and O–H groups in total. The summed E-state index contributed by atoms with van der Waals surface area (Å²) in [5, 5.41) is 2.81. The van der Waals surface area contributed by atoms with Crippen LogP contribution in [0.4, 0.5) is 5.69 Å². The van der Waals surface area contributed by atoms with Crippen LogP contribution in [0.25, 0.3) is 0 Å². The number of amides is 1. The van der Waals surface area contributed by atoms with Gasteiger partial charge < -0.3 is 9.73 Å². The number of sulfonamides is 1. The Morgan fingerprint density at radius 1 is 1.17 bits per heavy atom. The second kappa shape index (κ2) is 9.11. The first-order chi connectivity index (χ1) is 13.7. The number of nitrogens with one attached hydrogen (secondary N) is 1. The molecule has 1 aromatic carbocycles. The number of hydrogen-bond acceptors (Lipinski definition) is 5. The van der Waals surface area contributed by atoms with E-state index in [1.807, 2.05) is 24.1 Å². The molecule has 0 spiro atoms. The van der Waals surface area contributed by atoms with Gasteiger partial charge in [-0.15, -0.1) is 0 Å². The van der Waals surface area contributed by atoms with Gasteiger partial charge in [0.2, 0.25) is 15.9 Å². The predicted molar refractivity (Wildman–Crippen MR) is 112 cm³/mol. The van der Waals surface area contributed by atoms with E-state index in [4.69, 9.17) is 4.42 Å². The van der Waals surface area contributed by atoms with Crippen LogP contribution in [0.3, 0.4) is 0 Å². The Morgan fingerprint density at radius 3 is 2.41 bits per heavy atom. The maximum atomic E-state index is 12.9. The maximum Gasteiger partial charge on any atom is 0.243 e. The molecule has 0 unspecified atom stereocenters. The van der Waals surface area contributed by atoms with E-state index < -0.39 is 10.0 Å². The number of carbonyl (C=O) groups is 1. The molecule has 8 heteroatoms. The molecule has 1 aliphatic heterocycles. The van der Waals surface area contributed by atoms with Gasteiger partial charge in [0, 0.05) is 18.8 Å². The van der Waals surface area contributed by atoms with Crippen LogP contribution in [-0.4, -0.2) is 50.2 Å². The van der Waals surface area contributed by atoms with Gasteiger partial charge >= 0.3 is 0 Å². The van der Waals surface area contributed by atoms with E-state index in [-0.39, 0.29) is 17.3 Å². The van der Waals surface area contributed by atoms with E-state index in [0.29, 0.717) is 37.2 Å². The Balaban J connectivity index is 1.58. The second-order valence-corrected chi connectivity index (χ2v) is 10.0. The van der Waals surface area contributed by atoms with Gasteiger partial charge in [0.25, 0.3) is 0 Å². The maximum absolute atomic E-state index is 12.9. The van der Waals surface area contributed by atoms with Gasteiger partial charge in [-0.3, -0.25) is 9.69 Å². The highest BCUT2D eigenvalue weighted by atomic mass is 32.2. The highest BCUT2D eigenvalue weighted by Crippen LogP contribution is 2.27. The summed E-state index contributed by atoms with van der Waals surface area (Å²) in [5.74, 6) is 1.32. The molecule has 158 valence electrons. The van der Waals surface area contributed by atoms with Crippen LogP contribution in [-0.2, 0) is 21.4 Å². The van der Waals surface area contributed by atoms with Crippen LogP contribution in [0.1, 0.15) is 26.0 Å². The first kappa shape index (κ1) is 21.5. The number of nitrogens with zero attached hydrogens (tertiary/aromatic N) is 2. The van der Waals surface area contributed by atoms with Crippen molar-refractivity contribution in [3.8, 4) is 0 Å². The van der Waals surface area contributed by atoms with Gasteiger partial charge in [-0.2, -0.15) is 4.31 Å². The topological polar surface area (TPSA) is 82.9 Å². The third-order valence-corrected chi connectivity index (χ3v) is 6.88. The highest BCUT2D eigenvalue weighted by Gasteiger charge is 2.31. The van der Waals surface area contributed by atoms with Gasteiger partial charge in [-0.05, 0) is 61.7 Å². The number of furan rings is 1. The zero-order valence-corrected chi connectivity index (χ0v) is 18.0. The van der Waals surface area contributed by atoms with E-state index in [1.54, 1.807) is 34.8 Å². The van der Waals surface area contributed by atoms with E-state index in [9.17, 15) is 13.2 Å². The summed E-state index contributed by atoms with van der Waals surface area (Å²) in [6.07, 6.45) is 2.65. The molecule has 2 atom stereocenters. The summed E-state index contributed by atoms with van der Waals surface area (Å²) in [7, 11) is -1.69. The number of rotatable bonds is 7. The van der Waals surface area contributed by atoms with Gasteiger partial charge in [0.05, 0.1) is 24.2 Å². The van der Waals surface area contributed by atoms with E-state index in [1.165, 1.54) is 0 Å². The zero-order valence-electron chi connectivity index (χ0n) is 17.2. The lowest BCUT2D eigenvalue weighted by molar-refractivity contribution is -0.117. The third kappa shape index (κ3) is 5.68. The summed E-state index contributed by atoms with van der Waals surface area (Å²) in [4.78, 5) is 14.3. The van der Waals surface area contributed by atoms with Crippen LogP contribution in [0, 0.1) is 11.8 Å². The normalized spacial score (nSPS) is 20.7. The predicted octanol–water partition coefficient (Wildman–Crippen LogP) is 3.02. The van der Waals surface area contributed by atoms with E-state index in [2.05, 4.69) is 19.2 Å². The molecule has 1 fully saturated rings. The number of hydrogen-bond donors (Lipinski definition) is 1. The molecular formula is C21H29N3O4S. The molecule has 2 heterocycles. The molecule has 0 saturated carbocycles. The van der Waals surface area contributed by atoms with Crippen molar-refractivity contribution >= 4 is 21.6 Å². The molecular weight excluding hydrogens is 390 g/mol. The monoisotopic (exact) mass is 419 g/mol. The van der Waals surface area contributed by atoms with Crippen LogP contribution in [0.15, 0.2) is 52.0 Å². The number of benzene rings is 1. The smallest absolute Gasteiger partial charge is 0.243 e. The summed E-state index contributed by atoms with van der Waals surface area (Å²) >= 11 is 0. The fourth-order valence-corrected chi connectivity index (χ4v) is 5.51. The Kier molecular flexibility index (Phi) is 6.77. The van der Waals surface area contributed by atoms with Crippen LogP contribution in [0.5, 0.6) is 0 Å². The molecule has 1 amide bonds. The minimum absolute atomic E-state index is 0.173. The summed E-state index contributed by atoms with van der Waals surface area (Å²) in [5.41, 5.74) is 0.570. The van der Waals surface area contributed by atoms with Crippen molar-refractivity contribution in [3.63, 3.8) is 0 Å². The Hall–Kier alpha value is -2.16. The molecule has 7 nitrogen and oxygen atoms in total. The Bertz CT molecular complexity index is 900. The summed E-state index contributed by atoms with van der Waals surface area (Å²) in [6, 6.07) is 10.0. The Labute approximate surface area is 172 Å². The lowest BCUT2D eigenvalue weighted by atomic mass is 9.94. The Morgan fingerprint density at radius 2 is 1.83 bits per heavy atom. The average Bonchev–Trinajstić information content (AvgIpc) is 3.14. The first-order valence-corrected chi connectivity index (χ1v) is 11.3. The number of carbonyl (C=O) groups excluding carboxylic acids is 1. The van der Waals surface area contributed by atoms with Gasteiger partial charge in [-0.25, -0.2) is 8.42 Å². The molecule has 1 aliphatic rings. The molecule has 1 saturated heterocycles. The first-order valence-electron chi connectivity index (χ1n) is 9.85. The third-order valence-electron chi connectivity index (χ3n) is 5.03. The SMILES string of the molecule is C[C@H]1C[C@H](C)CN(S(=O)(=O)c2ccc(NC(=O)CN(C)Cc3ccco3)cc2)C1. The molecule has 0 bridgehead atoms. The summed E-state index contributed by atoms with van der Waals surface area (Å²) in [6.45, 7) is 5.99. The van der Waals surface area contributed by atoms with Crippen molar-refractivity contribution in [2.24, 2.45) is 11.8 Å². The lowest BCUT2D eigenvalue weighted by Gasteiger charge is -2.34. The summed E-state index contributed by atoms with van der Waals surface area (Å²) < 4.78 is 32.7. The standard InChI is InChI=1S/C21H29N3O4S/c1-16-11-17(2)13-24(12-16)29(26,27)20-8-6-18(7-9-20)22-21(25)15-23(3)14-19-5-4-10-28-19/h4-10,16-17H,11-15H2,1-3H3,(H,22,25)/t16-,17-/m0/s1. The molecule has 0 radical (unpaired) electrons. The number of anilines is 1. The van der Waals surface area contributed by atoms with Crippen molar-refractivity contribution in [3.05, 3.63) is 48.4 Å². The van der Waals surface area contributed by atoms with Crippen molar-refractivity contribution in [2.45, 2.75) is 31.7 Å². The van der Waals surface area contributed by atoms with Crippen LogP contribution < -0.4 is 5.32 Å². The molecule has 0 aliphatic carbocycles. The molecule has 2 aromatic rings. The number of piperidine rings is 1. The highest BCUT2D eigenvalue weighted by molar-refractivity contribution is 7.89. The fraction of sp³-hybridized carbons (Fsp3) is 0.476. The van der Waals surface area contributed by atoms with Gasteiger partial charge in [-0.1, -0.05) is 13.8 Å². The van der Waals surface area contributed by atoms with Crippen molar-refractivity contribution < 1.29 is 17.6 Å². The quantitative estimate of drug-likeness (QED) is 0.746. The minimum atomic E-state index is -3.52. The van der Waals surface area contributed by atoms with Gasteiger partial charge in [0.1, 0.15) is 5.76 Å². The fourth-order valence-electron chi connectivity index (χ4n) is 3.83. The van der Waals surface area contributed by atoms with E-state index in [0.717, 1.165) is 12.2 Å². The van der Waals surface area contributed by atoms with Crippen molar-refractivity contribution in [1.82, 2.24) is 9.21 Å². The van der Waals surface area contributed by atoms with Gasteiger partial charge in [0.15, 0.2) is 0 Å². The zero-order chi connectivity index (χ0) is 21.0. The lowest BCUT2D eigenvalue weighted by Crippen LogP contribution is -2.42. The van der Waals surface area contributed by atoms with Crippen molar-refractivity contribution in [2.75, 3.05) is 32.0 Å². The number of likely N-dealkylation sites (N-methyl/N-ethyl adjacent to an activating group) is 1. The minimum Gasteiger partial charge on any atom is -0.468 e. The van der Waals surface area contributed by atoms with Crippen molar-refractivity contribution in [1.29, 1.82) is 0 Å². The molecule has 1 aromatic heterocycles. The van der Waals surface area contributed by atoms with Crippen LogP contribution in [0.2, 0.25) is 0 Å². The average molecular weight is 420 g/mol. The molecule has 29 heavy (non-hydrogen) atoms. The largest absolute Gasteiger partial charge is 0.468 e. The van der Waals surface area contributed by atoms with Crippen LogP contribution >= 0.6 is 0 Å². The van der Waals surface area contributed by atoms with E-state index >= 15 is 0 Å². The molecule has 3 rings (SSSR count).